The molecule has 1 unspecified atom stereocenters. The molecule has 1 aromatic rings. The summed E-state index contributed by atoms with van der Waals surface area (Å²) in [5.41, 5.74) is 2.30. The Balaban J connectivity index is 0.00000529. The molecular formula is C17H35IN6. The van der Waals surface area contributed by atoms with E-state index in [9.17, 15) is 0 Å². The third-order valence-corrected chi connectivity index (χ3v) is 4.27. The second-order valence-corrected chi connectivity index (χ2v) is 6.17. The van der Waals surface area contributed by atoms with Gasteiger partial charge in [0.15, 0.2) is 5.96 Å². The summed E-state index contributed by atoms with van der Waals surface area (Å²) < 4.78 is 2.06. The molecule has 0 aliphatic heterocycles. The third-order valence-electron chi connectivity index (χ3n) is 4.27. The maximum Gasteiger partial charge on any atom is 0.191 e. The molecule has 0 spiro atoms. The summed E-state index contributed by atoms with van der Waals surface area (Å²) in [4.78, 5) is 6.63. The topological polar surface area (TPSA) is 57.5 Å². The van der Waals surface area contributed by atoms with Crippen molar-refractivity contribution >= 4 is 29.9 Å². The Labute approximate surface area is 164 Å². The number of guanidine groups is 1. The lowest BCUT2D eigenvalue weighted by atomic mass is 10.2. The highest BCUT2D eigenvalue weighted by molar-refractivity contribution is 14.0. The van der Waals surface area contributed by atoms with Crippen LogP contribution in [0.2, 0.25) is 0 Å². The predicted octanol–water partition coefficient (Wildman–Crippen LogP) is 2.40. The van der Waals surface area contributed by atoms with Crippen LogP contribution in [-0.4, -0.2) is 60.4 Å². The van der Waals surface area contributed by atoms with Gasteiger partial charge >= 0.3 is 0 Å². The van der Waals surface area contributed by atoms with Crippen LogP contribution in [0.3, 0.4) is 0 Å². The number of halogens is 1. The summed E-state index contributed by atoms with van der Waals surface area (Å²) in [6.45, 7) is 12.3. The van der Waals surface area contributed by atoms with Crippen LogP contribution in [0, 0.1) is 13.8 Å². The molecule has 1 atom stereocenters. The molecule has 0 saturated heterocycles. The number of aliphatic imine (C=N–C) groups is 1. The summed E-state index contributed by atoms with van der Waals surface area (Å²) in [6, 6.07) is 2.73. The average Bonchev–Trinajstić information content (AvgIpc) is 2.86. The fourth-order valence-corrected chi connectivity index (χ4v) is 2.44. The number of nitrogens with one attached hydrogen (secondary N) is 2. The van der Waals surface area contributed by atoms with Crippen molar-refractivity contribution in [1.82, 2.24) is 25.3 Å². The smallest absolute Gasteiger partial charge is 0.191 e. The molecular weight excluding hydrogens is 415 g/mol. The highest BCUT2D eigenvalue weighted by Crippen LogP contribution is 2.02. The standard InChI is InChI=1S/C17H34N6.HI/c1-7-15(3)22(6)12-10-20-17(18-5)19-9-8-11-23-16(4)13-14(2)21-23;/h13,15H,7-12H2,1-6H3,(H2,18,19,20);1H. The Hall–Kier alpha value is -0.830. The van der Waals surface area contributed by atoms with E-state index in [1.807, 2.05) is 14.0 Å². The van der Waals surface area contributed by atoms with E-state index < -0.39 is 0 Å². The zero-order valence-electron chi connectivity index (χ0n) is 16.1. The number of nitrogens with zero attached hydrogens (tertiary/aromatic N) is 4. The van der Waals surface area contributed by atoms with E-state index in [4.69, 9.17) is 0 Å². The first-order valence-electron chi connectivity index (χ1n) is 8.63. The maximum absolute atomic E-state index is 4.48. The molecule has 140 valence electrons. The molecule has 0 radical (unpaired) electrons. The number of hydrogen-bond donors (Lipinski definition) is 2. The minimum Gasteiger partial charge on any atom is -0.356 e. The molecule has 0 fully saturated rings. The largest absolute Gasteiger partial charge is 0.356 e. The van der Waals surface area contributed by atoms with E-state index in [0.717, 1.165) is 44.3 Å². The van der Waals surface area contributed by atoms with Gasteiger partial charge in [-0.15, -0.1) is 24.0 Å². The van der Waals surface area contributed by atoms with Crippen LogP contribution >= 0.6 is 24.0 Å². The SMILES string of the molecule is CCC(C)N(C)CCNC(=NC)NCCCn1nc(C)cc1C.I. The fraction of sp³-hybridized carbons (Fsp3) is 0.765. The molecule has 0 aromatic carbocycles. The number of aromatic nitrogens is 2. The third kappa shape index (κ3) is 8.32. The van der Waals surface area contributed by atoms with Gasteiger partial charge in [-0.3, -0.25) is 9.67 Å². The van der Waals surface area contributed by atoms with Crippen LogP contribution < -0.4 is 10.6 Å². The van der Waals surface area contributed by atoms with E-state index in [1.54, 1.807) is 0 Å². The van der Waals surface area contributed by atoms with Gasteiger partial charge in [0.1, 0.15) is 0 Å². The van der Waals surface area contributed by atoms with Crippen molar-refractivity contribution in [2.45, 2.75) is 53.1 Å². The Morgan fingerprint density at radius 2 is 2.00 bits per heavy atom. The molecule has 2 N–H and O–H groups in total. The van der Waals surface area contributed by atoms with Crippen molar-refractivity contribution in [2.24, 2.45) is 4.99 Å². The van der Waals surface area contributed by atoms with Gasteiger partial charge in [0, 0.05) is 45.0 Å². The summed E-state index contributed by atoms with van der Waals surface area (Å²) >= 11 is 0. The second kappa shape index (κ2) is 12.5. The summed E-state index contributed by atoms with van der Waals surface area (Å²) in [6.07, 6.45) is 2.20. The number of rotatable bonds is 9. The van der Waals surface area contributed by atoms with Crippen LogP contribution in [0.25, 0.3) is 0 Å². The Bertz CT molecular complexity index is 485. The number of hydrogen-bond acceptors (Lipinski definition) is 3. The van der Waals surface area contributed by atoms with E-state index in [-0.39, 0.29) is 24.0 Å². The first-order valence-corrected chi connectivity index (χ1v) is 8.63. The summed E-state index contributed by atoms with van der Waals surface area (Å²) in [5.74, 6) is 0.871. The second-order valence-electron chi connectivity index (χ2n) is 6.17. The molecule has 0 amide bonds. The maximum atomic E-state index is 4.48. The molecule has 1 heterocycles. The monoisotopic (exact) mass is 450 g/mol. The lowest BCUT2D eigenvalue weighted by molar-refractivity contribution is 0.255. The molecule has 0 saturated carbocycles. The first-order chi connectivity index (χ1) is 11.0. The van der Waals surface area contributed by atoms with E-state index >= 15 is 0 Å². The lowest BCUT2D eigenvalue weighted by Crippen LogP contribution is -2.42. The first kappa shape index (κ1) is 23.2. The number of likely N-dealkylation sites (N-methyl/N-ethyl adjacent to an activating group) is 1. The summed E-state index contributed by atoms with van der Waals surface area (Å²) in [5, 5.41) is 11.2. The Kier molecular flexibility index (Phi) is 12.1. The van der Waals surface area contributed by atoms with E-state index in [1.165, 1.54) is 12.1 Å². The van der Waals surface area contributed by atoms with E-state index in [0.29, 0.717) is 6.04 Å². The average molecular weight is 450 g/mol. The molecule has 0 aliphatic carbocycles. The van der Waals surface area contributed by atoms with Gasteiger partial charge in [-0.05, 0) is 46.7 Å². The molecule has 0 bridgehead atoms. The molecule has 1 aromatic heterocycles. The molecule has 7 heteroatoms. The molecule has 24 heavy (non-hydrogen) atoms. The van der Waals surface area contributed by atoms with Crippen LogP contribution in [0.5, 0.6) is 0 Å². The lowest BCUT2D eigenvalue weighted by Gasteiger charge is -2.24. The van der Waals surface area contributed by atoms with Gasteiger partial charge in [-0.2, -0.15) is 5.10 Å². The zero-order chi connectivity index (χ0) is 17.2. The van der Waals surface area contributed by atoms with Crippen LogP contribution in [-0.2, 0) is 6.54 Å². The molecule has 1 rings (SSSR count). The van der Waals surface area contributed by atoms with Crippen molar-refractivity contribution in [1.29, 1.82) is 0 Å². The van der Waals surface area contributed by atoms with Crippen LogP contribution in [0.4, 0.5) is 0 Å². The minimum atomic E-state index is 0. The highest BCUT2D eigenvalue weighted by Gasteiger charge is 2.06. The van der Waals surface area contributed by atoms with Crippen LogP contribution in [0.1, 0.15) is 38.1 Å². The quantitative estimate of drug-likeness (QED) is 0.263. The Morgan fingerprint density at radius 1 is 1.33 bits per heavy atom. The Morgan fingerprint density at radius 3 is 2.54 bits per heavy atom. The zero-order valence-corrected chi connectivity index (χ0v) is 18.4. The van der Waals surface area contributed by atoms with Crippen molar-refractivity contribution in [3.05, 3.63) is 17.5 Å². The summed E-state index contributed by atoms with van der Waals surface area (Å²) in [7, 11) is 3.98. The predicted molar refractivity (Wildman–Crippen MR) is 113 cm³/mol. The van der Waals surface area contributed by atoms with Crippen molar-refractivity contribution in [3.8, 4) is 0 Å². The van der Waals surface area contributed by atoms with Gasteiger partial charge in [0.2, 0.25) is 0 Å². The molecule has 6 nitrogen and oxygen atoms in total. The van der Waals surface area contributed by atoms with E-state index in [2.05, 4.69) is 64.2 Å². The van der Waals surface area contributed by atoms with Crippen LogP contribution in [0.15, 0.2) is 11.1 Å². The van der Waals surface area contributed by atoms with Crippen molar-refractivity contribution < 1.29 is 0 Å². The van der Waals surface area contributed by atoms with Gasteiger partial charge in [0.05, 0.1) is 5.69 Å². The highest BCUT2D eigenvalue weighted by atomic mass is 127. The normalized spacial score (nSPS) is 12.9. The minimum absolute atomic E-state index is 0. The number of aryl methyl sites for hydroxylation is 3. The van der Waals surface area contributed by atoms with Crippen molar-refractivity contribution in [3.63, 3.8) is 0 Å². The van der Waals surface area contributed by atoms with Gasteiger partial charge in [0.25, 0.3) is 0 Å². The van der Waals surface area contributed by atoms with Gasteiger partial charge in [-0.1, -0.05) is 6.92 Å². The van der Waals surface area contributed by atoms with Crippen molar-refractivity contribution in [2.75, 3.05) is 33.7 Å². The van der Waals surface area contributed by atoms with Gasteiger partial charge < -0.3 is 15.5 Å². The molecule has 0 aliphatic rings. The van der Waals surface area contributed by atoms with Gasteiger partial charge in [-0.25, -0.2) is 0 Å². The fourth-order valence-electron chi connectivity index (χ4n) is 2.44.